The summed E-state index contributed by atoms with van der Waals surface area (Å²) in [5.74, 6) is 0. The number of rotatable bonds is 7. The summed E-state index contributed by atoms with van der Waals surface area (Å²) in [5.41, 5.74) is -12.0. The van der Waals surface area contributed by atoms with Crippen LogP contribution in [0.3, 0.4) is 0 Å². The van der Waals surface area contributed by atoms with E-state index < -0.39 is 43.1 Å². The molecule has 0 heterocycles. The molecule has 0 aromatic heterocycles. The van der Waals surface area contributed by atoms with Crippen LogP contribution >= 0.6 is 0 Å². The van der Waals surface area contributed by atoms with Gasteiger partial charge in [-0.3, -0.25) is 0 Å². The summed E-state index contributed by atoms with van der Waals surface area (Å²) in [6.07, 6.45) is 0. The lowest BCUT2D eigenvalue weighted by molar-refractivity contribution is -0.0465. The summed E-state index contributed by atoms with van der Waals surface area (Å²) in [7, 11) is -12.1. The molecule has 0 saturated heterocycles. The molecule has 2 atom stereocenters. The van der Waals surface area contributed by atoms with Crippen LogP contribution in [0.1, 0.15) is 23.2 Å². The highest BCUT2D eigenvalue weighted by atomic mass is 32.2. The maximum atomic E-state index is 12.9. The quantitative estimate of drug-likeness (QED) is 0.600. The van der Waals surface area contributed by atoms with E-state index in [-0.39, 0.29) is 11.1 Å². The standard InChI is InChI=1S/C16H14F6N2O4S2/c17-15(18,19)29(25,26)23-13(11-7-3-1-4-8-11)14(12-9-5-2-6-10-12)24-30(27,28)16(20,21)22/h1-10,13-14,23-24H/t13-,14+. The van der Waals surface area contributed by atoms with Gasteiger partial charge in [0.25, 0.3) is 0 Å². The average molecular weight is 476 g/mol. The van der Waals surface area contributed by atoms with Gasteiger partial charge in [-0.1, -0.05) is 60.7 Å². The lowest BCUT2D eigenvalue weighted by atomic mass is 9.95. The summed E-state index contributed by atoms with van der Waals surface area (Å²) >= 11 is 0. The van der Waals surface area contributed by atoms with Gasteiger partial charge in [0.15, 0.2) is 0 Å². The first-order valence-corrected chi connectivity index (χ1v) is 10.9. The van der Waals surface area contributed by atoms with Crippen molar-refractivity contribution in [2.24, 2.45) is 0 Å². The summed E-state index contributed by atoms with van der Waals surface area (Å²) in [6, 6.07) is 8.48. The molecule has 0 saturated carbocycles. The third-order valence-electron chi connectivity index (χ3n) is 3.82. The minimum absolute atomic E-state index is 0.205. The van der Waals surface area contributed by atoms with Gasteiger partial charge in [0.1, 0.15) is 0 Å². The van der Waals surface area contributed by atoms with Crippen molar-refractivity contribution in [3.63, 3.8) is 0 Å². The largest absolute Gasteiger partial charge is 0.511 e. The second-order valence-corrected chi connectivity index (χ2v) is 9.32. The molecule has 2 rings (SSSR count). The Kier molecular flexibility index (Phi) is 6.85. The van der Waals surface area contributed by atoms with E-state index in [1.54, 1.807) is 0 Å². The third-order valence-corrected chi connectivity index (χ3v) is 6.17. The Morgan fingerprint density at radius 1 is 0.567 bits per heavy atom. The van der Waals surface area contributed by atoms with E-state index in [0.717, 1.165) is 24.3 Å². The van der Waals surface area contributed by atoms with Gasteiger partial charge in [-0.15, -0.1) is 0 Å². The van der Waals surface area contributed by atoms with Crippen LogP contribution in [0.2, 0.25) is 0 Å². The van der Waals surface area contributed by atoms with Crippen molar-refractivity contribution in [3.05, 3.63) is 71.8 Å². The van der Waals surface area contributed by atoms with Gasteiger partial charge in [-0.05, 0) is 11.1 Å². The molecule has 0 aliphatic carbocycles. The zero-order chi connectivity index (χ0) is 22.8. The predicted octanol–water partition coefficient (Wildman–Crippen LogP) is 3.35. The van der Waals surface area contributed by atoms with Gasteiger partial charge in [0, 0.05) is 0 Å². The second-order valence-electron chi connectivity index (χ2n) is 5.91. The van der Waals surface area contributed by atoms with Crippen LogP contribution in [-0.4, -0.2) is 27.9 Å². The van der Waals surface area contributed by atoms with E-state index in [9.17, 15) is 43.2 Å². The molecule has 166 valence electrons. The molecule has 0 unspecified atom stereocenters. The Bertz CT molecular complexity index is 969. The van der Waals surface area contributed by atoms with E-state index in [0.29, 0.717) is 0 Å². The zero-order valence-electron chi connectivity index (χ0n) is 14.6. The number of nitrogens with one attached hydrogen (secondary N) is 2. The first kappa shape index (κ1) is 24.1. The normalized spacial score (nSPS) is 15.5. The average Bonchev–Trinajstić information content (AvgIpc) is 2.64. The molecule has 0 spiro atoms. The van der Waals surface area contributed by atoms with Crippen molar-refractivity contribution in [3.8, 4) is 0 Å². The molecule has 0 bridgehead atoms. The number of benzene rings is 2. The van der Waals surface area contributed by atoms with Crippen LogP contribution in [0, 0.1) is 0 Å². The molecule has 2 aromatic rings. The van der Waals surface area contributed by atoms with Crippen LogP contribution in [0.4, 0.5) is 26.3 Å². The van der Waals surface area contributed by atoms with E-state index >= 15 is 0 Å². The van der Waals surface area contributed by atoms with Crippen molar-refractivity contribution in [2.75, 3.05) is 0 Å². The van der Waals surface area contributed by atoms with Gasteiger partial charge in [-0.25, -0.2) is 16.8 Å². The van der Waals surface area contributed by atoms with Gasteiger partial charge in [-0.2, -0.15) is 35.8 Å². The van der Waals surface area contributed by atoms with Gasteiger partial charge in [0.05, 0.1) is 12.1 Å². The van der Waals surface area contributed by atoms with Crippen LogP contribution in [0.25, 0.3) is 0 Å². The number of hydrogen-bond donors (Lipinski definition) is 2. The molecular formula is C16H14F6N2O4S2. The Labute approximate surface area is 168 Å². The minimum atomic E-state index is -6.06. The first-order chi connectivity index (χ1) is 13.7. The van der Waals surface area contributed by atoms with Crippen LogP contribution in [-0.2, 0) is 20.0 Å². The SMILES string of the molecule is O=S(=O)(N[C@H](c1ccccc1)[C@@H](NS(=O)(=O)C(F)(F)F)c1ccccc1)C(F)(F)F. The van der Waals surface area contributed by atoms with Gasteiger partial charge in [0.2, 0.25) is 0 Å². The molecule has 30 heavy (non-hydrogen) atoms. The Hall–Kier alpha value is -2.16. The van der Waals surface area contributed by atoms with Crippen LogP contribution in [0.15, 0.2) is 60.7 Å². The topological polar surface area (TPSA) is 92.3 Å². The summed E-state index contributed by atoms with van der Waals surface area (Å²) in [4.78, 5) is 0. The molecule has 0 aliphatic rings. The molecule has 6 nitrogen and oxygen atoms in total. The van der Waals surface area contributed by atoms with E-state index in [4.69, 9.17) is 0 Å². The highest BCUT2D eigenvalue weighted by molar-refractivity contribution is 7.90. The van der Waals surface area contributed by atoms with Crippen molar-refractivity contribution in [1.82, 2.24) is 9.44 Å². The lowest BCUT2D eigenvalue weighted by Crippen LogP contribution is -2.47. The third kappa shape index (κ3) is 5.50. The Morgan fingerprint density at radius 3 is 1.07 bits per heavy atom. The summed E-state index contributed by atoms with van der Waals surface area (Å²) < 4.78 is 127. The maximum Gasteiger partial charge on any atom is 0.511 e. The Morgan fingerprint density at radius 2 is 0.833 bits per heavy atom. The molecule has 2 N–H and O–H groups in total. The van der Waals surface area contributed by atoms with E-state index in [2.05, 4.69) is 0 Å². The minimum Gasteiger partial charge on any atom is -0.203 e. The number of sulfonamides is 2. The second kappa shape index (κ2) is 8.53. The summed E-state index contributed by atoms with van der Waals surface area (Å²) in [5, 5.41) is 0. The number of hydrogen-bond acceptors (Lipinski definition) is 4. The van der Waals surface area contributed by atoms with Crippen molar-refractivity contribution in [2.45, 2.75) is 23.1 Å². The smallest absolute Gasteiger partial charge is 0.203 e. The van der Waals surface area contributed by atoms with Crippen molar-refractivity contribution in [1.29, 1.82) is 0 Å². The highest BCUT2D eigenvalue weighted by Gasteiger charge is 2.51. The molecule has 0 fully saturated rings. The molecular weight excluding hydrogens is 462 g/mol. The highest BCUT2D eigenvalue weighted by Crippen LogP contribution is 2.35. The maximum absolute atomic E-state index is 12.9. The van der Waals surface area contributed by atoms with Crippen molar-refractivity contribution < 1.29 is 43.2 Å². The Balaban J connectivity index is 2.67. The monoisotopic (exact) mass is 476 g/mol. The van der Waals surface area contributed by atoms with Crippen molar-refractivity contribution >= 4 is 20.0 Å². The van der Waals surface area contributed by atoms with E-state index in [1.807, 2.05) is 0 Å². The first-order valence-electron chi connectivity index (χ1n) is 7.93. The van der Waals surface area contributed by atoms with Crippen LogP contribution in [0.5, 0.6) is 0 Å². The number of alkyl halides is 6. The van der Waals surface area contributed by atoms with Gasteiger partial charge >= 0.3 is 31.1 Å². The zero-order valence-corrected chi connectivity index (χ0v) is 16.3. The van der Waals surface area contributed by atoms with Gasteiger partial charge < -0.3 is 0 Å². The fourth-order valence-electron chi connectivity index (χ4n) is 2.45. The van der Waals surface area contributed by atoms with Crippen LogP contribution < -0.4 is 9.44 Å². The molecule has 0 radical (unpaired) electrons. The summed E-state index contributed by atoms with van der Waals surface area (Å²) in [6.45, 7) is 0. The molecule has 2 aromatic carbocycles. The fourth-order valence-corrected chi connectivity index (χ4v) is 3.93. The van der Waals surface area contributed by atoms with E-state index in [1.165, 1.54) is 45.8 Å². The molecule has 0 aliphatic heterocycles. The fraction of sp³-hybridized carbons (Fsp3) is 0.250. The number of halogens is 6. The lowest BCUT2D eigenvalue weighted by Gasteiger charge is -2.30. The molecule has 14 heteroatoms. The molecule has 0 amide bonds. The predicted molar refractivity (Wildman–Crippen MR) is 94.6 cm³/mol.